The zero-order valence-corrected chi connectivity index (χ0v) is 18.1. The lowest BCUT2D eigenvalue weighted by Crippen LogP contribution is -2.29. The number of aliphatic hydroxyl groups excluding tert-OH is 1. The lowest BCUT2D eigenvalue weighted by Gasteiger charge is -2.19. The Labute approximate surface area is 185 Å². The maximum atomic E-state index is 13.4. The number of benzene rings is 1. The van der Waals surface area contributed by atoms with Gasteiger partial charge in [0.05, 0.1) is 31.0 Å². The van der Waals surface area contributed by atoms with Crippen LogP contribution < -0.4 is 10.3 Å². The van der Waals surface area contributed by atoms with Crippen LogP contribution in [0.3, 0.4) is 0 Å². The first-order valence-corrected chi connectivity index (χ1v) is 10.8. The smallest absolute Gasteiger partial charge is 0.261 e. The third-order valence-electron chi connectivity index (χ3n) is 6.34. The van der Waals surface area contributed by atoms with Crippen molar-refractivity contribution in [3.63, 3.8) is 0 Å². The molecule has 0 amide bonds. The van der Waals surface area contributed by atoms with Gasteiger partial charge in [0, 0.05) is 18.6 Å². The van der Waals surface area contributed by atoms with Crippen LogP contribution in [0, 0.1) is 6.92 Å². The fraction of sp³-hybridized carbons (Fsp3) is 0.333. The summed E-state index contributed by atoms with van der Waals surface area (Å²) in [6, 6.07) is 7.46. The molecule has 8 heteroatoms. The molecule has 0 saturated heterocycles. The largest absolute Gasteiger partial charge is 0.494 e. The average molecular weight is 431 g/mol. The Morgan fingerprint density at radius 2 is 2.12 bits per heavy atom. The molecule has 1 aliphatic carbocycles. The quantitative estimate of drug-likeness (QED) is 0.522. The van der Waals surface area contributed by atoms with Crippen LogP contribution in [0.2, 0.25) is 0 Å². The Kier molecular flexibility index (Phi) is 5.22. The second kappa shape index (κ2) is 8.20. The van der Waals surface area contributed by atoms with E-state index in [0.29, 0.717) is 29.5 Å². The highest BCUT2D eigenvalue weighted by atomic mass is 16.5. The lowest BCUT2D eigenvalue weighted by molar-refractivity contribution is 0.134. The van der Waals surface area contributed by atoms with Crippen molar-refractivity contribution >= 4 is 10.9 Å². The molecule has 1 saturated carbocycles. The number of ether oxygens (including phenoxy) is 1. The molecule has 32 heavy (non-hydrogen) atoms. The van der Waals surface area contributed by atoms with Crippen LogP contribution in [0.4, 0.5) is 0 Å². The van der Waals surface area contributed by atoms with Gasteiger partial charge in [-0.3, -0.25) is 9.36 Å². The zero-order valence-electron chi connectivity index (χ0n) is 18.1. The predicted octanol–water partition coefficient (Wildman–Crippen LogP) is 2.97. The van der Waals surface area contributed by atoms with Gasteiger partial charge < -0.3 is 9.84 Å². The highest BCUT2D eigenvalue weighted by molar-refractivity contribution is 5.86. The van der Waals surface area contributed by atoms with E-state index in [1.165, 1.54) is 0 Å². The molecule has 1 aliphatic rings. The molecule has 5 rings (SSSR count). The molecule has 3 heterocycles. The van der Waals surface area contributed by atoms with E-state index in [1.807, 2.05) is 43.6 Å². The first-order valence-electron chi connectivity index (χ1n) is 10.8. The van der Waals surface area contributed by atoms with Crippen LogP contribution >= 0.6 is 0 Å². The van der Waals surface area contributed by atoms with Gasteiger partial charge in [-0.25, -0.2) is 14.6 Å². The van der Waals surface area contributed by atoms with Gasteiger partial charge in [-0.15, -0.1) is 0 Å². The highest BCUT2D eigenvalue weighted by Crippen LogP contribution is 2.33. The van der Waals surface area contributed by atoms with Crippen molar-refractivity contribution in [1.29, 1.82) is 0 Å². The van der Waals surface area contributed by atoms with E-state index in [0.717, 1.165) is 35.3 Å². The first kappa shape index (κ1) is 20.4. The van der Waals surface area contributed by atoms with Gasteiger partial charge in [0.25, 0.3) is 5.56 Å². The lowest BCUT2D eigenvalue weighted by atomic mass is 9.98. The van der Waals surface area contributed by atoms with Crippen molar-refractivity contribution in [2.45, 2.75) is 44.8 Å². The third-order valence-corrected chi connectivity index (χ3v) is 6.34. The molecule has 2 atom stereocenters. The number of hydrogen-bond acceptors (Lipinski definition) is 6. The number of aromatic nitrogens is 5. The summed E-state index contributed by atoms with van der Waals surface area (Å²) in [4.78, 5) is 22.4. The maximum Gasteiger partial charge on any atom is 0.261 e. The molecular formula is C24H25N5O3. The van der Waals surface area contributed by atoms with Crippen molar-refractivity contribution in [3.8, 4) is 11.6 Å². The number of nitrogens with zero attached hydrogens (tertiary/aromatic N) is 5. The normalized spacial score (nSPS) is 18.3. The summed E-state index contributed by atoms with van der Waals surface area (Å²) in [7, 11) is 1.60. The Morgan fingerprint density at radius 3 is 2.78 bits per heavy atom. The number of fused-ring (bicyclic) bond motifs is 1. The van der Waals surface area contributed by atoms with Gasteiger partial charge in [-0.2, -0.15) is 5.10 Å². The number of aliphatic hydroxyl groups is 1. The standard InChI is InChI=1S/C24H25N5O3/c1-15-17(11-16-7-8-21(25-13-16)29-10-4-9-27-29)12-18-22(23(15)32-2)26-14-28(24(18)31)19-5-3-6-20(19)30/h4,7-10,12-14,19-20,30H,3,5-6,11H2,1-2H3/t19-,20-/m1/s1. The molecule has 8 nitrogen and oxygen atoms in total. The van der Waals surface area contributed by atoms with Gasteiger partial charge in [0.1, 0.15) is 11.3 Å². The molecule has 1 fully saturated rings. The van der Waals surface area contributed by atoms with E-state index >= 15 is 0 Å². The van der Waals surface area contributed by atoms with Crippen molar-refractivity contribution in [1.82, 2.24) is 24.3 Å². The molecule has 0 aliphatic heterocycles. The zero-order chi connectivity index (χ0) is 22.2. The highest BCUT2D eigenvalue weighted by Gasteiger charge is 2.28. The predicted molar refractivity (Wildman–Crippen MR) is 120 cm³/mol. The first-order chi connectivity index (χ1) is 15.6. The monoisotopic (exact) mass is 431 g/mol. The topological polar surface area (TPSA) is 95.1 Å². The van der Waals surface area contributed by atoms with E-state index in [4.69, 9.17) is 4.74 Å². The maximum absolute atomic E-state index is 13.4. The van der Waals surface area contributed by atoms with Crippen LogP contribution in [-0.4, -0.2) is 42.6 Å². The molecule has 0 unspecified atom stereocenters. The fourth-order valence-corrected chi connectivity index (χ4v) is 4.60. The van der Waals surface area contributed by atoms with Crippen molar-refractivity contribution < 1.29 is 9.84 Å². The van der Waals surface area contributed by atoms with Gasteiger partial charge in [-0.1, -0.05) is 6.07 Å². The fourth-order valence-electron chi connectivity index (χ4n) is 4.60. The Morgan fingerprint density at radius 1 is 1.25 bits per heavy atom. The number of methoxy groups -OCH3 is 1. The van der Waals surface area contributed by atoms with E-state index < -0.39 is 6.10 Å². The van der Waals surface area contributed by atoms with E-state index in [2.05, 4.69) is 15.1 Å². The Bertz CT molecular complexity index is 1310. The molecule has 164 valence electrons. The summed E-state index contributed by atoms with van der Waals surface area (Å²) in [6.07, 6.45) is 9.40. The number of hydrogen-bond donors (Lipinski definition) is 1. The molecule has 4 aromatic rings. The average Bonchev–Trinajstić information content (AvgIpc) is 3.48. The molecule has 1 N–H and O–H groups in total. The van der Waals surface area contributed by atoms with E-state index in [-0.39, 0.29) is 11.6 Å². The molecule has 3 aromatic heterocycles. The summed E-state index contributed by atoms with van der Waals surface area (Å²) in [5.41, 5.74) is 3.34. The molecule has 1 aromatic carbocycles. The van der Waals surface area contributed by atoms with Crippen molar-refractivity contribution in [2.24, 2.45) is 0 Å². The van der Waals surface area contributed by atoms with Crippen LogP contribution in [-0.2, 0) is 6.42 Å². The Hall–Kier alpha value is -3.52. The number of pyridine rings is 1. The van der Waals surface area contributed by atoms with Crippen molar-refractivity contribution in [2.75, 3.05) is 7.11 Å². The minimum Gasteiger partial charge on any atom is -0.494 e. The minimum absolute atomic E-state index is 0.146. The molecule has 0 radical (unpaired) electrons. The molecule has 0 spiro atoms. The van der Waals surface area contributed by atoms with Crippen LogP contribution in [0.1, 0.15) is 42.0 Å². The van der Waals surface area contributed by atoms with E-state index in [9.17, 15) is 9.90 Å². The van der Waals surface area contributed by atoms with Gasteiger partial charge in [0.15, 0.2) is 5.82 Å². The van der Waals surface area contributed by atoms with Crippen LogP contribution in [0.15, 0.2) is 54.0 Å². The van der Waals surface area contributed by atoms with Crippen molar-refractivity contribution in [3.05, 3.63) is 76.2 Å². The van der Waals surface area contributed by atoms with Gasteiger partial charge in [0.2, 0.25) is 0 Å². The summed E-state index contributed by atoms with van der Waals surface area (Å²) >= 11 is 0. The van der Waals surface area contributed by atoms with Crippen LogP contribution in [0.25, 0.3) is 16.7 Å². The van der Waals surface area contributed by atoms with Gasteiger partial charge in [-0.05, 0) is 67.5 Å². The molecule has 0 bridgehead atoms. The third kappa shape index (κ3) is 3.46. The second-order valence-electron chi connectivity index (χ2n) is 8.26. The molecular weight excluding hydrogens is 406 g/mol. The summed E-state index contributed by atoms with van der Waals surface area (Å²) < 4.78 is 8.95. The summed E-state index contributed by atoms with van der Waals surface area (Å²) in [5.74, 6) is 1.35. The minimum atomic E-state index is -0.516. The summed E-state index contributed by atoms with van der Waals surface area (Å²) in [6.45, 7) is 1.98. The second-order valence-corrected chi connectivity index (χ2v) is 8.26. The van der Waals surface area contributed by atoms with Crippen LogP contribution in [0.5, 0.6) is 5.75 Å². The number of rotatable bonds is 5. The van der Waals surface area contributed by atoms with E-state index in [1.54, 1.807) is 28.9 Å². The SMILES string of the molecule is COc1c(C)c(Cc2ccc(-n3cccn3)nc2)cc2c(=O)n([C@@H]3CCC[C@H]3O)cnc12. The Balaban J connectivity index is 1.56. The van der Waals surface area contributed by atoms with Gasteiger partial charge >= 0.3 is 0 Å². The summed E-state index contributed by atoms with van der Waals surface area (Å²) in [5, 5.41) is 15.0.